The molecule has 0 saturated carbocycles. The van der Waals surface area contributed by atoms with E-state index in [0.29, 0.717) is 0 Å². The van der Waals surface area contributed by atoms with Crippen LogP contribution in [0.2, 0.25) is 0 Å². The summed E-state index contributed by atoms with van der Waals surface area (Å²) in [7, 11) is -2.19. The number of aryl methyl sites for hydroxylation is 1. The van der Waals surface area contributed by atoms with E-state index in [-0.39, 0.29) is 22.7 Å². The molecular formula is C11H13FN4O2S. The highest BCUT2D eigenvalue weighted by atomic mass is 32.2. The molecule has 102 valence electrons. The van der Waals surface area contributed by atoms with E-state index in [2.05, 4.69) is 9.82 Å². The molecule has 19 heavy (non-hydrogen) atoms. The second-order valence-electron chi connectivity index (χ2n) is 3.93. The van der Waals surface area contributed by atoms with Gasteiger partial charge in [-0.1, -0.05) is 6.07 Å². The number of nitrogens with one attached hydrogen (secondary N) is 1. The number of anilines is 1. The Morgan fingerprint density at radius 2 is 2.21 bits per heavy atom. The summed E-state index contributed by atoms with van der Waals surface area (Å²) >= 11 is 0. The standard InChI is InChI=1S/C11H13FN4O2S/c1-16-7-8(6-14-16)19(17,18)15-11-4-2-3-10(12)9(11)5-13/h2-4,6-7,15H,5,13H2,1H3. The van der Waals surface area contributed by atoms with Crippen LogP contribution in [0.4, 0.5) is 10.1 Å². The van der Waals surface area contributed by atoms with Gasteiger partial charge in [-0.05, 0) is 12.1 Å². The van der Waals surface area contributed by atoms with E-state index in [0.717, 1.165) is 0 Å². The molecule has 0 saturated heterocycles. The highest BCUT2D eigenvalue weighted by molar-refractivity contribution is 7.92. The van der Waals surface area contributed by atoms with E-state index in [1.807, 2.05) is 0 Å². The van der Waals surface area contributed by atoms with Gasteiger partial charge in [0.25, 0.3) is 10.0 Å². The van der Waals surface area contributed by atoms with E-state index in [1.165, 1.54) is 35.3 Å². The summed E-state index contributed by atoms with van der Waals surface area (Å²) in [6.07, 6.45) is 2.56. The van der Waals surface area contributed by atoms with Crippen molar-refractivity contribution in [2.24, 2.45) is 12.8 Å². The normalized spacial score (nSPS) is 11.5. The molecule has 0 atom stereocenters. The van der Waals surface area contributed by atoms with Gasteiger partial charge >= 0.3 is 0 Å². The highest BCUT2D eigenvalue weighted by Gasteiger charge is 2.18. The molecule has 0 aliphatic carbocycles. The van der Waals surface area contributed by atoms with Gasteiger partial charge in [-0.15, -0.1) is 0 Å². The van der Waals surface area contributed by atoms with Crippen molar-refractivity contribution in [3.8, 4) is 0 Å². The van der Waals surface area contributed by atoms with Crippen molar-refractivity contribution in [2.75, 3.05) is 4.72 Å². The van der Waals surface area contributed by atoms with Crippen LogP contribution in [0.3, 0.4) is 0 Å². The molecule has 0 radical (unpaired) electrons. The van der Waals surface area contributed by atoms with Gasteiger partial charge in [0.05, 0.1) is 11.9 Å². The number of sulfonamides is 1. The molecule has 8 heteroatoms. The molecule has 6 nitrogen and oxygen atoms in total. The molecule has 0 spiro atoms. The number of rotatable bonds is 4. The number of nitrogens with zero attached hydrogens (tertiary/aromatic N) is 2. The van der Waals surface area contributed by atoms with E-state index in [1.54, 1.807) is 7.05 Å². The highest BCUT2D eigenvalue weighted by Crippen LogP contribution is 2.21. The summed E-state index contributed by atoms with van der Waals surface area (Å²) in [4.78, 5) is 0.00207. The zero-order valence-electron chi connectivity index (χ0n) is 10.2. The van der Waals surface area contributed by atoms with Crippen molar-refractivity contribution < 1.29 is 12.8 Å². The van der Waals surface area contributed by atoms with Gasteiger partial charge in [-0.2, -0.15) is 5.10 Å². The summed E-state index contributed by atoms with van der Waals surface area (Å²) in [6, 6.07) is 4.10. The number of hydrogen-bond acceptors (Lipinski definition) is 4. The van der Waals surface area contributed by atoms with Crippen LogP contribution in [0.5, 0.6) is 0 Å². The van der Waals surface area contributed by atoms with Crippen LogP contribution >= 0.6 is 0 Å². The second-order valence-corrected chi connectivity index (χ2v) is 5.61. The molecular weight excluding hydrogens is 271 g/mol. The Hall–Kier alpha value is -1.93. The Kier molecular flexibility index (Phi) is 3.54. The van der Waals surface area contributed by atoms with Crippen LogP contribution in [-0.2, 0) is 23.6 Å². The largest absolute Gasteiger partial charge is 0.326 e. The summed E-state index contributed by atoms with van der Waals surface area (Å²) in [5.74, 6) is -0.547. The maximum absolute atomic E-state index is 13.5. The third-order valence-electron chi connectivity index (χ3n) is 2.56. The van der Waals surface area contributed by atoms with Crippen LogP contribution < -0.4 is 10.5 Å². The van der Waals surface area contributed by atoms with Crippen LogP contribution in [0.1, 0.15) is 5.56 Å². The molecule has 2 rings (SSSR count). The van der Waals surface area contributed by atoms with E-state index in [9.17, 15) is 12.8 Å². The Balaban J connectivity index is 2.38. The van der Waals surface area contributed by atoms with Crippen molar-refractivity contribution in [3.05, 3.63) is 42.0 Å². The van der Waals surface area contributed by atoms with Crippen molar-refractivity contribution in [1.82, 2.24) is 9.78 Å². The lowest BCUT2D eigenvalue weighted by Gasteiger charge is -2.11. The van der Waals surface area contributed by atoms with Crippen molar-refractivity contribution in [2.45, 2.75) is 11.4 Å². The van der Waals surface area contributed by atoms with Gasteiger partial charge in [0.2, 0.25) is 0 Å². The maximum atomic E-state index is 13.5. The molecule has 0 aliphatic rings. The topological polar surface area (TPSA) is 90.0 Å². The smallest absolute Gasteiger partial charge is 0.265 e. The number of halogens is 1. The van der Waals surface area contributed by atoms with Gasteiger partial charge in [-0.25, -0.2) is 12.8 Å². The van der Waals surface area contributed by atoms with Gasteiger partial charge in [0, 0.05) is 25.4 Å². The molecule has 0 amide bonds. The summed E-state index contributed by atoms with van der Waals surface area (Å²) in [5.41, 5.74) is 5.67. The lowest BCUT2D eigenvalue weighted by molar-refractivity contribution is 0.600. The first-order chi connectivity index (χ1) is 8.94. The van der Waals surface area contributed by atoms with Gasteiger partial charge in [0.15, 0.2) is 0 Å². The molecule has 1 aromatic carbocycles. The fourth-order valence-electron chi connectivity index (χ4n) is 1.60. The van der Waals surface area contributed by atoms with Crippen molar-refractivity contribution in [1.29, 1.82) is 0 Å². The molecule has 2 aromatic rings. The minimum atomic E-state index is -3.80. The quantitative estimate of drug-likeness (QED) is 0.869. The molecule has 1 heterocycles. The van der Waals surface area contributed by atoms with Crippen LogP contribution in [0.15, 0.2) is 35.5 Å². The SMILES string of the molecule is Cn1cc(S(=O)(=O)Nc2cccc(F)c2CN)cn1. The minimum Gasteiger partial charge on any atom is -0.326 e. The Labute approximate surface area is 110 Å². The first-order valence-electron chi connectivity index (χ1n) is 5.43. The predicted octanol–water partition coefficient (Wildman–Crippen LogP) is 0.819. The predicted molar refractivity (Wildman–Crippen MR) is 68.3 cm³/mol. The fourth-order valence-corrected chi connectivity index (χ4v) is 2.68. The zero-order valence-corrected chi connectivity index (χ0v) is 11.0. The summed E-state index contributed by atoms with van der Waals surface area (Å²) < 4.78 is 41.3. The maximum Gasteiger partial charge on any atom is 0.265 e. The molecule has 3 N–H and O–H groups in total. The van der Waals surface area contributed by atoms with E-state index >= 15 is 0 Å². The minimum absolute atomic E-state index is 0.00207. The van der Waals surface area contributed by atoms with Crippen LogP contribution in [0, 0.1) is 5.82 Å². The Bertz CT molecular complexity index is 696. The van der Waals surface area contributed by atoms with Crippen LogP contribution in [-0.4, -0.2) is 18.2 Å². The summed E-state index contributed by atoms with van der Waals surface area (Å²) in [5, 5.41) is 3.78. The molecule has 1 aromatic heterocycles. The van der Waals surface area contributed by atoms with Gasteiger partial charge in [0.1, 0.15) is 10.7 Å². The van der Waals surface area contributed by atoms with Crippen molar-refractivity contribution in [3.63, 3.8) is 0 Å². The third kappa shape index (κ3) is 2.74. The van der Waals surface area contributed by atoms with Gasteiger partial charge in [-0.3, -0.25) is 9.40 Å². The molecule has 0 bridgehead atoms. The number of hydrogen-bond donors (Lipinski definition) is 2. The average Bonchev–Trinajstić information content (AvgIpc) is 2.76. The zero-order chi connectivity index (χ0) is 14.0. The lowest BCUT2D eigenvalue weighted by Crippen LogP contribution is -2.15. The molecule has 0 unspecified atom stereocenters. The third-order valence-corrected chi connectivity index (χ3v) is 3.88. The first-order valence-corrected chi connectivity index (χ1v) is 6.91. The monoisotopic (exact) mass is 284 g/mol. The first kappa shape index (κ1) is 13.5. The Morgan fingerprint density at radius 1 is 1.47 bits per heavy atom. The number of nitrogens with two attached hydrogens (primary N) is 1. The van der Waals surface area contributed by atoms with E-state index in [4.69, 9.17) is 5.73 Å². The van der Waals surface area contributed by atoms with Crippen LogP contribution in [0.25, 0.3) is 0 Å². The fraction of sp³-hybridized carbons (Fsp3) is 0.182. The lowest BCUT2D eigenvalue weighted by atomic mass is 10.2. The number of benzene rings is 1. The molecule has 0 fully saturated rings. The average molecular weight is 284 g/mol. The van der Waals surface area contributed by atoms with Crippen molar-refractivity contribution >= 4 is 15.7 Å². The van der Waals surface area contributed by atoms with E-state index < -0.39 is 15.8 Å². The molecule has 0 aliphatic heterocycles. The summed E-state index contributed by atoms with van der Waals surface area (Å²) in [6.45, 7) is -0.0996. The second kappa shape index (κ2) is 4.98. The van der Waals surface area contributed by atoms with Gasteiger partial charge < -0.3 is 5.73 Å². The Morgan fingerprint density at radius 3 is 2.79 bits per heavy atom. The number of aromatic nitrogens is 2.